The number of phenolic OH excluding ortho intramolecular Hbond substituents is 2. The van der Waals surface area contributed by atoms with E-state index in [2.05, 4.69) is 0 Å². The van der Waals surface area contributed by atoms with E-state index in [1.165, 1.54) is 25.3 Å². The Morgan fingerprint density at radius 1 is 1.11 bits per heavy atom. The van der Waals surface area contributed by atoms with Crippen molar-refractivity contribution in [3.05, 3.63) is 57.2 Å². The summed E-state index contributed by atoms with van der Waals surface area (Å²) in [6.45, 7) is 3.20. The molecular formula is C27H29NO9. The molecule has 37 heavy (non-hydrogen) atoms. The molecule has 0 saturated carbocycles. The van der Waals surface area contributed by atoms with Gasteiger partial charge in [0.1, 0.15) is 17.2 Å². The van der Waals surface area contributed by atoms with Gasteiger partial charge in [-0.15, -0.1) is 0 Å². The average Bonchev–Trinajstić information content (AvgIpc) is 2.86. The second kappa shape index (κ2) is 9.23. The minimum atomic E-state index is -0.956. The average molecular weight is 512 g/mol. The number of aromatic hydroxyl groups is 2. The first-order valence-corrected chi connectivity index (χ1v) is 12.1. The molecule has 0 aromatic heterocycles. The number of rotatable bonds is 4. The van der Waals surface area contributed by atoms with Crippen molar-refractivity contribution in [1.29, 1.82) is 0 Å². The summed E-state index contributed by atoms with van der Waals surface area (Å²) in [5, 5.41) is 43.2. The monoisotopic (exact) mass is 511 g/mol. The van der Waals surface area contributed by atoms with Crippen LogP contribution in [0.25, 0.3) is 6.08 Å². The number of ether oxygens (including phenoxy) is 3. The summed E-state index contributed by atoms with van der Waals surface area (Å²) in [5.41, 5.74) is 6.07. The summed E-state index contributed by atoms with van der Waals surface area (Å²) in [4.78, 5) is 27.1. The number of carbonyl (C=O) groups is 2. The van der Waals surface area contributed by atoms with Gasteiger partial charge in [-0.3, -0.25) is 9.59 Å². The normalized spacial score (nSPS) is 27.6. The maximum atomic E-state index is 13.6. The maximum absolute atomic E-state index is 13.6. The Labute approximate surface area is 212 Å². The summed E-state index contributed by atoms with van der Waals surface area (Å²) in [7, 11) is 1.37. The van der Waals surface area contributed by atoms with Crippen molar-refractivity contribution in [3.63, 3.8) is 0 Å². The van der Waals surface area contributed by atoms with E-state index < -0.39 is 59.8 Å². The van der Waals surface area contributed by atoms with E-state index in [-0.39, 0.29) is 52.0 Å². The number of nitrogens with two attached hydrogens (primary N) is 1. The molecule has 2 aromatic carbocycles. The van der Waals surface area contributed by atoms with E-state index in [0.717, 1.165) is 0 Å². The van der Waals surface area contributed by atoms with E-state index in [4.69, 9.17) is 19.9 Å². The van der Waals surface area contributed by atoms with Gasteiger partial charge in [0.25, 0.3) is 0 Å². The molecule has 1 aliphatic heterocycles. The third-order valence-corrected chi connectivity index (χ3v) is 7.37. The number of fused-ring (bicyclic) bond motifs is 3. The zero-order valence-electron chi connectivity index (χ0n) is 20.6. The van der Waals surface area contributed by atoms with Gasteiger partial charge >= 0.3 is 0 Å². The first kappa shape index (κ1) is 25.4. The van der Waals surface area contributed by atoms with Gasteiger partial charge in [0.05, 0.1) is 48.2 Å². The van der Waals surface area contributed by atoms with Crippen molar-refractivity contribution >= 4 is 17.6 Å². The largest absolute Gasteiger partial charge is 0.507 e. The second-order valence-electron chi connectivity index (χ2n) is 9.70. The van der Waals surface area contributed by atoms with Crippen molar-refractivity contribution < 1.29 is 44.2 Å². The fourth-order valence-corrected chi connectivity index (χ4v) is 5.38. The third-order valence-electron chi connectivity index (χ3n) is 7.37. The highest BCUT2D eigenvalue weighted by Crippen LogP contribution is 2.51. The Morgan fingerprint density at radius 3 is 2.46 bits per heavy atom. The molecule has 1 saturated heterocycles. The number of aliphatic hydroxyl groups excluding tert-OH is 2. The molecule has 10 nitrogen and oxygen atoms in total. The van der Waals surface area contributed by atoms with E-state index in [1.54, 1.807) is 19.9 Å². The molecule has 5 rings (SSSR count). The van der Waals surface area contributed by atoms with Gasteiger partial charge in [0.15, 0.2) is 12.1 Å². The molecule has 1 fully saturated rings. The third kappa shape index (κ3) is 3.92. The summed E-state index contributed by atoms with van der Waals surface area (Å²) in [6, 6.07) is 3.94. The van der Waals surface area contributed by atoms with Crippen molar-refractivity contribution in [3.8, 4) is 17.2 Å². The molecule has 6 unspecified atom stereocenters. The van der Waals surface area contributed by atoms with E-state index in [1.807, 2.05) is 0 Å². The summed E-state index contributed by atoms with van der Waals surface area (Å²) in [5.74, 6) is -2.14. The lowest BCUT2D eigenvalue weighted by Crippen LogP contribution is -2.52. The molecule has 196 valence electrons. The first-order chi connectivity index (χ1) is 17.5. The highest BCUT2D eigenvalue weighted by molar-refractivity contribution is 6.31. The van der Waals surface area contributed by atoms with Crippen LogP contribution in [0.3, 0.4) is 0 Å². The van der Waals surface area contributed by atoms with Crippen molar-refractivity contribution in [1.82, 2.24) is 0 Å². The molecule has 0 spiro atoms. The number of ketones is 2. The van der Waals surface area contributed by atoms with E-state index in [9.17, 15) is 30.0 Å². The minimum absolute atomic E-state index is 0.00459. The van der Waals surface area contributed by atoms with Crippen LogP contribution in [0.1, 0.15) is 75.8 Å². The van der Waals surface area contributed by atoms with Crippen LogP contribution in [-0.2, 0) is 9.47 Å². The smallest absolute Gasteiger partial charge is 0.202 e. The van der Waals surface area contributed by atoms with Crippen LogP contribution in [0.2, 0.25) is 0 Å². The van der Waals surface area contributed by atoms with Gasteiger partial charge in [-0.05, 0) is 31.6 Å². The topological polar surface area (TPSA) is 169 Å². The molecule has 0 radical (unpaired) electrons. The lowest BCUT2D eigenvalue weighted by atomic mass is 9.77. The number of carbonyl (C=O) groups excluding carboxylic acids is 2. The zero-order chi connectivity index (χ0) is 26.8. The lowest BCUT2D eigenvalue weighted by molar-refractivity contribution is -0.240. The van der Waals surface area contributed by atoms with Gasteiger partial charge in [-0.25, -0.2) is 0 Å². The molecule has 6 N–H and O–H groups in total. The fraction of sp³-hybridized carbons (Fsp3) is 0.407. The summed E-state index contributed by atoms with van der Waals surface area (Å²) < 4.78 is 17.2. The maximum Gasteiger partial charge on any atom is 0.202 e. The molecule has 3 aliphatic rings. The first-order valence-electron chi connectivity index (χ1n) is 12.1. The van der Waals surface area contributed by atoms with Crippen LogP contribution >= 0.6 is 0 Å². The fourth-order valence-electron chi connectivity index (χ4n) is 5.38. The Bertz CT molecular complexity index is 1320. The Kier molecular flexibility index (Phi) is 6.33. The Balaban J connectivity index is 1.67. The highest BCUT2D eigenvalue weighted by atomic mass is 16.7. The van der Waals surface area contributed by atoms with Crippen molar-refractivity contribution in [2.45, 2.75) is 63.4 Å². The molecule has 1 heterocycles. The molecule has 2 aromatic rings. The van der Waals surface area contributed by atoms with Crippen molar-refractivity contribution in [2.24, 2.45) is 5.73 Å². The summed E-state index contributed by atoms with van der Waals surface area (Å²) in [6.07, 6.45) is -2.47. The Hall–Kier alpha value is -3.28. The van der Waals surface area contributed by atoms with Crippen LogP contribution < -0.4 is 10.5 Å². The standard InChI is InChI=1S/C27H29NO9/c1-10(29)12-7-14-20(17(8-12)37-18-9-15(28)23(30)11(2)36-18)27(34)22-21(25(14)32)24(31)13-5-4-6-16(35-3)19(13)26(22)33/h4-7,10-11,15,17-18,23,29-30,32,34H,8-9,28H2,1-3H3. The van der Waals surface area contributed by atoms with Crippen LogP contribution in [0.5, 0.6) is 17.2 Å². The second-order valence-corrected chi connectivity index (χ2v) is 9.70. The van der Waals surface area contributed by atoms with E-state index in [0.29, 0.717) is 5.57 Å². The quantitative estimate of drug-likeness (QED) is 0.326. The molecule has 10 heteroatoms. The molecule has 0 amide bonds. The summed E-state index contributed by atoms with van der Waals surface area (Å²) >= 11 is 0. The lowest BCUT2D eigenvalue weighted by Gasteiger charge is -2.39. The SMILES string of the molecule is COc1cccc2c1C(=O)c1c(O)c3c(c(O)c1C2=O)C=C(C(C)O)CC3OC1CC(N)C(O)C(C)O1. The number of hydrogen-bond acceptors (Lipinski definition) is 10. The van der Waals surface area contributed by atoms with Crippen LogP contribution in [0, 0.1) is 0 Å². The Morgan fingerprint density at radius 2 is 1.81 bits per heavy atom. The molecule has 2 aliphatic carbocycles. The predicted octanol–water partition coefficient (Wildman–Crippen LogP) is 1.93. The van der Waals surface area contributed by atoms with Gasteiger partial charge < -0.3 is 40.4 Å². The molecular weight excluding hydrogens is 482 g/mol. The molecule has 6 atom stereocenters. The van der Waals surface area contributed by atoms with Gasteiger partial charge in [0.2, 0.25) is 5.78 Å². The number of phenols is 2. The van der Waals surface area contributed by atoms with Gasteiger partial charge in [-0.2, -0.15) is 0 Å². The number of aliphatic hydroxyl groups is 2. The van der Waals surface area contributed by atoms with E-state index >= 15 is 0 Å². The van der Waals surface area contributed by atoms with Gasteiger partial charge in [0, 0.05) is 35.6 Å². The van der Waals surface area contributed by atoms with Crippen molar-refractivity contribution in [2.75, 3.05) is 7.11 Å². The predicted molar refractivity (Wildman–Crippen MR) is 131 cm³/mol. The minimum Gasteiger partial charge on any atom is -0.507 e. The number of benzene rings is 2. The van der Waals surface area contributed by atoms with Crippen LogP contribution in [0.15, 0.2) is 23.8 Å². The van der Waals surface area contributed by atoms with Gasteiger partial charge in [-0.1, -0.05) is 12.1 Å². The van der Waals surface area contributed by atoms with Crippen LogP contribution in [-0.4, -0.2) is 69.7 Å². The highest BCUT2D eigenvalue weighted by Gasteiger charge is 2.43. The molecule has 0 bridgehead atoms. The number of hydrogen-bond donors (Lipinski definition) is 5. The number of methoxy groups -OCH3 is 1. The zero-order valence-corrected chi connectivity index (χ0v) is 20.6. The van der Waals surface area contributed by atoms with Crippen LogP contribution in [0.4, 0.5) is 0 Å².